The van der Waals surface area contributed by atoms with Gasteiger partial charge in [-0.3, -0.25) is 4.79 Å². The number of para-hydroxylation sites is 1. The lowest BCUT2D eigenvalue weighted by atomic mass is 9.90. The summed E-state index contributed by atoms with van der Waals surface area (Å²) in [4.78, 5) is 14.8. The van der Waals surface area contributed by atoms with Crippen LogP contribution < -0.4 is 14.2 Å². The number of ether oxygens (including phenoxy) is 3. The van der Waals surface area contributed by atoms with Crippen molar-refractivity contribution in [3.63, 3.8) is 0 Å². The van der Waals surface area contributed by atoms with E-state index >= 15 is 0 Å². The molecule has 3 aromatic rings. The minimum absolute atomic E-state index is 0.0631. The summed E-state index contributed by atoms with van der Waals surface area (Å²) < 4.78 is 17.3. The summed E-state index contributed by atoms with van der Waals surface area (Å²) in [5, 5.41) is 0. The average Bonchev–Trinajstić information content (AvgIpc) is 2.91. The first-order valence-corrected chi connectivity index (χ1v) is 12.2. The van der Waals surface area contributed by atoms with Crippen molar-refractivity contribution in [2.75, 3.05) is 32.9 Å². The zero-order valence-corrected chi connectivity index (χ0v) is 19.4. The molecule has 0 atom stereocenters. The van der Waals surface area contributed by atoms with Crippen molar-refractivity contribution < 1.29 is 19.0 Å². The second-order valence-electron chi connectivity index (χ2n) is 8.99. The summed E-state index contributed by atoms with van der Waals surface area (Å²) in [7, 11) is 0. The second kappa shape index (κ2) is 10.6. The van der Waals surface area contributed by atoms with Gasteiger partial charge in [0.05, 0.1) is 0 Å². The molecule has 1 fully saturated rings. The molecule has 2 aliphatic heterocycles. The van der Waals surface area contributed by atoms with Crippen molar-refractivity contribution in [3.05, 3.63) is 78.4 Å². The summed E-state index contributed by atoms with van der Waals surface area (Å²) in [5.41, 5.74) is 3.38. The molecule has 1 saturated heterocycles. The zero-order valence-electron chi connectivity index (χ0n) is 19.4. The number of rotatable bonds is 7. The first-order chi connectivity index (χ1) is 16.8. The van der Waals surface area contributed by atoms with Crippen molar-refractivity contribution in [2.24, 2.45) is 5.92 Å². The second-order valence-corrected chi connectivity index (χ2v) is 8.99. The van der Waals surface area contributed by atoms with Crippen molar-refractivity contribution in [1.82, 2.24) is 4.90 Å². The predicted molar refractivity (Wildman–Crippen MR) is 132 cm³/mol. The van der Waals surface area contributed by atoms with E-state index in [0.717, 1.165) is 67.1 Å². The Kier molecular flexibility index (Phi) is 6.99. The summed E-state index contributed by atoms with van der Waals surface area (Å²) >= 11 is 0. The minimum Gasteiger partial charge on any atom is -0.486 e. The third-order valence-corrected chi connectivity index (χ3v) is 6.74. The van der Waals surface area contributed by atoms with E-state index in [-0.39, 0.29) is 12.5 Å². The van der Waals surface area contributed by atoms with Crippen molar-refractivity contribution >= 4 is 5.91 Å². The molecule has 0 bridgehead atoms. The van der Waals surface area contributed by atoms with Gasteiger partial charge in [0.25, 0.3) is 5.91 Å². The van der Waals surface area contributed by atoms with Crippen LogP contribution in [0.25, 0.3) is 11.1 Å². The van der Waals surface area contributed by atoms with Crippen LogP contribution in [-0.4, -0.2) is 43.7 Å². The number of aryl methyl sites for hydroxylation is 1. The molecule has 0 N–H and O–H groups in total. The van der Waals surface area contributed by atoms with Gasteiger partial charge in [0.15, 0.2) is 18.1 Å². The molecule has 2 heterocycles. The molecule has 0 radical (unpaired) electrons. The number of likely N-dealkylation sites (tertiary alicyclic amines) is 1. The smallest absolute Gasteiger partial charge is 0.260 e. The van der Waals surface area contributed by atoms with Crippen LogP contribution in [0.1, 0.15) is 24.8 Å². The number of nitrogens with zero attached hydrogens (tertiary/aromatic N) is 1. The number of hydrogen-bond acceptors (Lipinski definition) is 4. The normalized spacial score (nSPS) is 15.7. The molecule has 3 aromatic carbocycles. The molecule has 34 heavy (non-hydrogen) atoms. The molecule has 0 saturated carbocycles. The van der Waals surface area contributed by atoms with Gasteiger partial charge in [0.2, 0.25) is 0 Å². The minimum atomic E-state index is 0.0631. The molecule has 176 valence electrons. The van der Waals surface area contributed by atoms with Crippen molar-refractivity contribution in [3.8, 4) is 28.4 Å². The van der Waals surface area contributed by atoms with Crippen molar-refractivity contribution in [1.29, 1.82) is 0 Å². The van der Waals surface area contributed by atoms with E-state index in [1.165, 1.54) is 5.56 Å². The number of amides is 1. The van der Waals surface area contributed by atoms with E-state index in [1.54, 1.807) is 0 Å². The Bertz CT molecular complexity index is 1110. The van der Waals surface area contributed by atoms with Gasteiger partial charge in [-0.25, -0.2) is 0 Å². The van der Waals surface area contributed by atoms with E-state index in [2.05, 4.69) is 24.3 Å². The Morgan fingerprint density at radius 3 is 2.44 bits per heavy atom. The Balaban J connectivity index is 1.09. The van der Waals surface area contributed by atoms with Crippen molar-refractivity contribution in [2.45, 2.75) is 25.7 Å². The predicted octanol–water partition coefficient (Wildman–Crippen LogP) is 5.38. The Morgan fingerprint density at radius 2 is 1.62 bits per heavy atom. The number of carbonyl (C=O) groups excluding carboxylic acids is 1. The maximum atomic E-state index is 12.8. The third-order valence-electron chi connectivity index (χ3n) is 6.74. The van der Waals surface area contributed by atoms with Crippen LogP contribution in [0.15, 0.2) is 72.8 Å². The molecule has 5 heteroatoms. The van der Waals surface area contributed by atoms with Gasteiger partial charge < -0.3 is 19.1 Å². The lowest BCUT2D eigenvalue weighted by molar-refractivity contribution is -0.134. The van der Waals surface area contributed by atoms with Crippen LogP contribution in [0.2, 0.25) is 0 Å². The van der Waals surface area contributed by atoms with Gasteiger partial charge in [-0.05, 0) is 60.9 Å². The maximum absolute atomic E-state index is 12.8. The van der Waals surface area contributed by atoms with Crippen LogP contribution in [0, 0.1) is 5.92 Å². The Labute approximate surface area is 201 Å². The molecule has 0 aromatic heterocycles. The number of carbonyl (C=O) groups is 1. The number of hydrogen-bond donors (Lipinski definition) is 0. The van der Waals surface area contributed by atoms with E-state index in [4.69, 9.17) is 14.2 Å². The number of fused-ring (bicyclic) bond motifs is 1. The summed E-state index contributed by atoms with van der Waals surface area (Å²) in [6, 6.07) is 24.3. The molecule has 0 unspecified atom stereocenters. The van der Waals surface area contributed by atoms with Crippen LogP contribution in [-0.2, 0) is 11.2 Å². The van der Waals surface area contributed by atoms with E-state index < -0.39 is 0 Å². The molecule has 0 aliphatic carbocycles. The van der Waals surface area contributed by atoms with Crippen LogP contribution in [0.5, 0.6) is 17.2 Å². The Hall–Kier alpha value is -3.47. The van der Waals surface area contributed by atoms with E-state index in [1.807, 2.05) is 53.4 Å². The van der Waals surface area contributed by atoms with Gasteiger partial charge in [-0.1, -0.05) is 54.6 Å². The first kappa shape index (κ1) is 22.3. The quantitative estimate of drug-likeness (QED) is 0.478. The van der Waals surface area contributed by atoms with Crippen LogP contribution in [0.4, 0.5) is 0 Å². The largest absolute Gasteiger partial charge is 0.486 e. The molecular formula is C29H31NO4. The summed E-state index contributed by atoms with van der Waals surface area (Å²) in [6.45, 7) is 2.91. The molecule has 2 aliphatic rings. The fraction of sp³-hybridized carbons (Fsp3) is 0.345. The van der Waals surface area contributed by atoms with Gasteiger partial charge in [0.1, 0.15) is 19.0 Å². The van der Waals surface area contributed by atoms with Crippen LogP contribution >= 0.6 is 0 Å². The zero-order chi connectivity index (χ0) is 23.2. The summed E-state index contributed by atoms with van der Waals surface area (Å²) in [5.74, 6) is 3.15. The van der Waals surface area contributed by atoms with Gasteiger partial charge in [-0.2, -0.15) is 0 Å². The standard InChI is InChI=1S/C29H31NO4/c31-29(21-34-26-9-5-4-8-25(26)24-6-2-1-3-7-24)30-16-14-22(15-17-30)10-11-23-12-13-27-28(20-23)33-19-18-32-27/h1-9,12-13,20,22H,10-11,14-19,21H2. The van der Waals surface area contributed by atoms with E-state index in [0.29, 0.717) is 19.1 Å². The molecule has 1 amide bonds. The summed E-state index contributed by atoms with van der Waals surface area (Å²) in [6.07, 6.45) is 4.23. The highest BCUT2D eigenvalue weighted by Gasteiger charge is 2.23. The van der Waals surface area contributed by atoms with Crippen LogP contribution in [0.3, 0.4) is 0 Å². The highest BCUT2D eigenvalue weighted by atomic mass is 16.6. The number of piperidine rings is 1. The highest BCUT2D eigenvalue weighted by molar-refractivity contribution is 5.78. The topological polar surface area (TPSA) is 48.0 Å². The monoisotopic (exact) mass is 457 g/mol. The fourth-order valence-electron chi connectivity index (χ4n) is 4.76. The van der Waals surface area contributed by atoms with Gasteiger partial charge >= 0.3 is 0 Å². The van der Waals surface area contributed by atoms with E-state index in [9.17, 15) is 4.79 Å². The first-order valence-electron chi connectivity index (χ1n) is 12.2. The SMILES string of the molecule is O=C(COc1ccccc1-c1ccccc1)N1CCC(CCc2ccc3c(c2)OCCO3)CC1. The Morgan fingerprint density at radius 1 is 0.882 bits per heavy atom. The molecule has 5 rings (SSSR count). The number of benzene rings is 3. The maximum Gasteiger partial charge on any atom is 0.260 e. The molecule has 5 nitrogen and oxygen atoms in total. The van der Waals surface area contributed by atoms with Gasteiger partial charge in [0, 0.05) is 18.7 Å². The van der Waals surface area contributed by atoms with Gasteiger partial charge in [-0.15, -0.1) is 0 Å². The molecular weight excluding hydrogens is 426 g/mol. The fourth-order valence-corrected chi connectivity index (χ4v) is 4.76. The lowest BCUT2D eigenvalue weighted by Crippen LogP contribution is -2.41. The lowest BCUT2D eigenvalue weighted by Gasteiger charge is -2.32. The molecule has 0 spiro atoms. The highest BCUT2D eigenvalue weighted by Crippen LogP contribution is 2.32. The third kappa shape index (κ3) is 5.36. The average molecular weight is 458 g/mol.